The van der Waals surface area contributed by atoms with E-state index in [1.807, 2.05) is 28.8 Å². The fourth-order valence-electron chi connectivity index (χ4n) is 3.09. The predicted molar refractivity (Wildman–Crippen MR) is 98.5 cm³/mol. The van der Waals surface area contributed by atoms with Gasteiger partial charge in [0, 0.05) is 12.1 Å². The van der Waals surface area contributed by atoms with Crippen LogP contribution < -0.4 is 9.74 Å². The Labute approximate surface area is 164 Å². The van der Waals surface area contributed by atoms with Gasteiger partial charge < -0.3 is 14.5 Å². The number of hydrogen-bond donors (Lipinski definition) is 0. The third-order valence-electron chi connectivity index (χ3n) is 4.45. The second kappa shape index (κ2) is 7.10. The van der Waals surface area contributed by atoms with Crippen LogP contribution in [0, 0.1) is 0 Å². The first-order valence-corrected chi connectivity index (χ1v) is 8.90. The molecule has 0 unspecified atom stereocenters. The lowest BCUT2D eigenvalue weighted by Gasteiger charge is -2.38. The lowest BCUT2D eigenvalue weighted by molar-refractivity contribution is -0.137. The van der Waals surface area contributed by atoms with Crippen molar-refractivity contribution in [2.75, 3.05) is 18.7 Å². The summed E-state index contributed by atoms with van der Waals surface area (Å²) < 4.78 is 46.4. The molecule has 0 fully saturated rings. The van der Waals surface area contributed by atoms with Crippen LogP contribution in [-0.4, -0.2) is 23.3 Å². The molecule has 1 aliphatic rings. The third kappa shape index (κ3) is 3.57. The van der Waals surface area contributed by atoms with E-state index in [0.717, 1.165) is 29.2 Å². The van der Waals surface area contributed by atoms with E-state index in [9.17, 15) is 13.2 Å². The first-order valence-electron chi connectivity index (χ1n) is 8.52. The number of benzene rings is 2. The highest BCUT2D eigenvalue weighted by Gasteiger charge is 2.32. The van der Waals surface area contributed by atoms with E-state index in [4.69, 9.17) is 21.2 Å². The maximum atomic E-state index is 13.0. The minimum atomic E-state index is -4.43. The zero-order valence-corrected chi connectivity index (χ0v) is 15.7. The van der Waals surface area contributed by atoms with Crippen molar-refractivity contribution < 1.29 is 22.7 Å². The van der Waals surface area contributed by atoms with E-state index in [0.29, 0.717) is 24.9 Å². The molecule has 0 saturated heterocycles. The topological polar surface area (TPSA) is 31.6 Å². The third-order valence-corrected chi connectivity index (χ3v) is 4.71. The second-order valence-electron chi connectivity index (χ2n) is 6.52. The Morgan fingerprint density at radius 2 is 1.89 bits per heavy atom. The number of fused-ring (bicyclic) bond motifs is 1. The van der Waals surface area contributed by atoms with Crippen molar-refractivity contribution in [1.29, 1.82) is 0 Å². The van der Waals surface area contributed by atoms with Crippen LogP contribution in [-0.2, 0) is 24.1 Å². The molecule has 0 radical (unpaired) electrons. The summed E-state index contributed by atoms with van der Waals surface area (Å²) >= 11 is 5.94. The summed E-state index contributed by atoms with van der Waals surface area (Å²) in [5.41, 5.74) is 1.11. The van der Waals surface area contributed by atoms with E-state index < -0.39 is 11.7 Å². The zero-order chi connectivity index (χ0) is 19.9. The van der Waals surface area contributed by atoms with Gasteiger partial charge in [-0.25, -0.2) is 4.68 Å². The molecule has 2 heterocycles. The van der Waals surface area contributed by atoms with Gasteiger partial charge in [-0.15, -0.1) is 0 Å². The Kier molecular flexibility index (Phi) is 4.76. The van der Waals surface area contributed by atoms with Crippen molar-refractivity contribution >= 4 is 17.4 Å². The van der Waals surface area contributed by atoms with Crippen molar-refractivity contribution in [3.63, 3.8) is 0 Å². The number of anilines is 1. The van der Waals surface area contributed by atoms with Crippen LogP contribution >= 0.6 is 11.6 Å². The van der Waals surface area contributed by atoms with Crippen LogP contribution in [0.4, 0.5) is 19.0 Å². The summed E-state index contributed by atoms with van der Waals surface area (Å²) in [6.45, 7) is 1.23. The quantitative estimate of drug-likeness (QED) is 0.619. The van der Waals surface area contributed by atoms with Crippen LogP contribution in [0.2, 0.25) is 5.02 Å². The number of halogens is 4. The van der Waals surface area contributed by atoms with Gasteiger partial charge in [0.1, 0.15) is 12.4 Å². The Morgan fingerprint density at radius 3 is 2.61 bits per heavy atom. The minimum absolute atomic E-state index is 0.0994. The zero-order valence-electron chi connectivity index (χ0n) is 14.9. The largest absolute Gasteiger partial charge is 0.416 e. The highest BCUT2D eigenvalue weighted by atomic mass is 35.5. The fourth-order valence-corrected chi connectivity index (χ4v) is 3.22. The number of aromatic nitrogens is 2. The first kappa shape index (κ1) is 18.8. The molecule has 1 aromatic heterocycles. The molecule has 0 spiro atoms. The van der Waals surface area contributed by atoms with Crippen LogP contribution in [0.25, 0.3) is 0 Å². The highest BCUT2D eigenvalue weighted by Crippen LogP contribution is 2.34. The van der Waals surface area contributed by atoms with Gasteiger partial charge in [0.15, 0.2) is 11.6 Å². The van der Waals surface area contributed by atoms with Crippen molar-refractivity contribution in [3.8, 4) is 5.75 Å². The molecule has 0 bridgehead atoms. The fraction of sp³-hybridized carbons (Fsp3) is 0.263. The summed E-state index contributed by atoms with van der Waals surface area (Å²) in [6.07, 6.45) is -4.43. The monoisotopic (exact) mass is 411 g/mol. The second-order valence-corrected chi connectivity index (χ2v) is 6.96. The maximum Gasteiger partial charge on any atom is 0.416 e. The maximum absolute atomic E-state index is 13.0. The highest BCUT2D eigenvalue weighted by molar-refractivity contribution is 6.30. The van der Waals surface area contributed by atoms with Gasteiger partial charge in [-0.3, -0.25) is 0 Å². The van der Waals surface area contributed by atoms with Crippen molar-refractivity contribution in [2.45, 2.75) is 19.3 Å². The molecule has 0 amide bonds. The average molecular weight is 412 g/mol. The molecule has 0 saturated carbocycles. The lowest BCUT2D eigenvalue weighted by atomic mass is 10.2. The lowest BCUT2D eigenvalue weighted by Crippen LogP contribution is -2.42. The van der Waals surface area contributed by atoms with Gasteiger partial charge in [-0.05, 0) is 35.9 Å². The molecule has 0 atom stereocenters. The van der Waals surface area contributed by atoms with E-state index in [2.05, 4.69) is 0 Å². The van der Waals surface area contributed by atoms with E-state index >= 15 is 0 Å². The Morgan fingerprint density at radius 1 is 1.14 bits per heavy atom. The predicted octanol–water partition coefficient (Wildman–Crippen LogP) is 4.78. The van der Waals surface area contributed by atoms with Crippen LogP contribution in [0.5, 0.6) is 5.75 Å². The Hall–Kier alpha value is -2.58. The molecule has 1 aliphatic heterocycles. The van der Waals surface area contributed by atoms with Crippen LogP contribution in [0.1, 0.15) is 16.8 Å². The van der Waals surface area contributed by atoms with Crippen LogP contribution in [0.15, 0.2) is 48.5 Å². The SMILES string of the molecule is CN1COCc2c1n(Oc1cccc(C(F)(F)F)c1)n2Cc1ccc(Cl)cc1. The van der Waals surface area contributed by atoms with Gasteiger partial charge >= 0.3 is 6.18 Å². The number of rotatable bonds is 4. The molecule has 4 rings (SSSR count). The normalized spacial score (nSPS) is 14.2. The molecule has 0 aliphatic carbocycles. The molecule has 28 heavy (non-hydrogen) atoms. The molecule has 0 N–H and O–H groups in total. The molecule has 9 heteroatoms. The summed E-state index contributed by atoms with van der Waals surface area (Å²) in [7, 11) is 1.83. The molecule has 148 valence electrons. The summed E-state index contributed by atoms with van der Waals surface area (Å²) in [5, 5.41) is 0.630. The average Bonchev–Trinajstić information content (AvgIpc) is 2.65. The van der Waals surface area contributed by atoms with Gasteiger partial charge in [0.2, 0.25) is 0 Å². The van der Waals surface area contributed by atoms with Gasteiger partial charge in [-0.1, -0.05) is 34.6 Å². The van der Waals surface area contributed by atoms with Crippen LogP contribution in [0.3, 0.4) is 0 Å². The van der Waals surface area contributed by atoms with Gasteiger partial charge in [-0.2, -0.15) is 13.2 Å². The number of hydrogen-bond acceptors (Lipinski definition) is 3. The minimum Gasteiger partial charge on any atom is -0.358 e. The molecular formula is C19H17ClF3N3O2. The molecule has 5 nitrogen and oxygen atoms in total. The van der Waals surface area contributed by atoms with Gasteiger partial charge in [0.05, 0.1) is 18.7 Å². The molecular weight excluding hydrogens is 395 g/mol. The van der Waals surface area contributed by atoms with E-state index in [1.165, 1.54) is 17.0 Å². The van der Waals surface area contributed by atoms with Crippen molar-refractivity contribution in [2.24, 2.45) is 0 Å². The standard InChI is InChI=1S/C19H17ClF3N3O2/c1-24-12-27-11-17-18(24)26(25(17)10-13-5-7-15(20)8-6-13)28-16-4-2-3-14(9-16)19(21,22)23/h2-9H,10-12H2,1H3. The summed E-state index contributed by atoms with van der Waals surface area (Å²) in [5.74, 6) is 0.861. The summed E-state index contributed by atoms with van der Waals surface area (Å²) in [6, 6.07) is 12.2. The molecule has 3 aromatic rings. The summed E-state index contributed by atoms with van der Waals surface area (Å²) in [4.78, 5) is 9.15. The Bertz CT molecular complexity index is 979. The molecule has 2 aromatic carbocycles. The van der Waals surface area contributed by atoms with Gasteiger partial charge in [0.25, 0.3) is 0 Å². The smallest absolute Gasteiger partial charge is 0.358 e. The van der Waals surface area contributed by atoms with Crippen molar-refractivity contribution in [1.82, 2.24) is 9.53 Å². The van der Waals surface area contributed by atoms with Crippen molar-refractivity contribution in [3.05, 3.63) is 70.4 Å². The number of ether oxygens (including phenoxy) is 1. The number of alkyl halides is 3. The Balaban J connectivity index is 1.67. The van der Waals surface area contributed by atoms with E-state index in [-0.39, 0.29) is 5.75 Å². The first-order chi connectivity index (χ1) is 13.3. The van der Waals surface area contributed by atoms with E-state index in [1.54, 1.807) is 12.1 Å². The number of nitrogens with zero attached hydrogens (tertiary/aromatic N) is 3.